The van der Waals surface area contributed by atoms with E-state index in [2.05, 4.69) is 6.42 Å². The van der Waals surface area contributed by atoms with Gasteiger partial charge < -0.3 is 14.2 Å². The first-order valence-electron chi connectivity index (χ1n) is 6.17. The molecular weight excluding hydrogens is 230 g/mol. The Morgan fingerprint density at radius 1 is 1.50 bits per heavy atom. The summed E-state index contributed by atoms with van der Waals surface area (Å²) in [5, 5.41) is 7.95. The minimum Gasteiger partial charge on any atom is -0.481 e. The molecule has 1 aromatic rings. The van der Waals surface area contributed by atoms with E-state index < -0.39 is 0 Å². The lowest BCUT2D eigenvalue weighted by Gasteiger charge is -2.25. The summed E-state index contributed by atoms with van der Waals surface area (Å²) in [6, 6.07) is 3.90. The number of ether oxygens (including phenoxy) is 3. The van der Waals surface area contributed by atoms with Crippen LogP contribution in [0, 0.1) is 11.8 Å². The molecule has 0 amide bonds. The quantitative estimate of drug-likeness (QED) is 0.643. The molecule has 1 unspecified atom stereocenters. The third kappa shape index (κ3) is 1.72. The molecule has 1 aliphatic heterocycles. The van der Waals surface area contributed by atoms with Crippen LogP contribution >= 0.6 is 0 Å². The van der Waals surface area contributed by atoms with E-state index >= 15 is 0 Å². The topological polar surface area (TPSA) is 51.5 Å². The summed E-state index contributed by atoms with van der Waals surface area (Å²) in [5.74, 6) is 1.72. The van der Waals surface area contributed by atoms with Crippen molar-refractivity contribution in [2.45, 2.75) is 25.7 Å². The minimum atomic E-state index is -0.178. The van der Waals surface area contributed by atoms with Crippen LogP contribution in [-0.4, -0.2) is 19.3 Å². The zero-order valence-corrected chi connectivity index (χ0v) is 10.3. The maximum Gasteiger partial charge on any atom is 0.231 e. The predicted octanol–water partition coefficient (Wildman–Crippen LogP) is 2.54. The Hall–Kier alpha value is -1.71. The van der Waals surface area contributed by atoms with Crippen molar-refractivity contribution >= 4 is 5.90 Å². The highest BCUT2D eigenvalue weighted by Crippen LogP contribution is 2.44. The Labute approximate surface area is 106 Å². The maximum absolute atomic E-state index is 7.95. The third-order valence-electron chi connectivity index (χ3n) is 3.27. The fourth-order valence-corrected chi connectivity index (χ4v) is 2.50. The van der Waals surface area contributed by atoms with Crippen LogP contribution in [0.15, 0.2) is 12.1 Å². The van der Waals surface area contributed by atoms with Crippen LogP contribution in [0.4, 0.5) is 0 Å². The normalized spacial score (nSPS) is 20.4. The molecule has 0 bridgehead atoms. The fourth-order valence-electron chi connectivity index (χ4n) is 2.50. The Bertz CT molecular complexity index is 484. The molecule has 1 heterocycles. The van der Waals surface area contributed by atoms with Gasteiger partial charge in [-0.05, 0) is 31.4 Å². The Balaban J connectivity index is 1.99. The van der Waals surface area contributed by atoms with Crippen molar-refractivity contribution < 1.29 is 14.2 Å². The molecule has 18 heavy (non-hydrogen) atoms. The second-order valence-corrected chi connectivity index (χ2v) is 4.30. The number of nitrogens with one attached hydrogen (secondary N) is 1. The van der Waals surface area contributed by atoms with Gasteiger partial charge in [0.05, 0.1) is 12.5 Å². The second-order valence-electron chi connectivity index (χ2n) is 4.30. The van der Waals surface area contributed by atoms with E-state index in [-0.39, 0.29) is 18.6 Å². The van der Waals surface area contributed by atoms with Gasteiger partial charge in [0.25, 0.3) is 0 Å². The molecule has 0 spiro atoms. The van der Waals surface area contributed by atoms with E-state index in [1.54, 1.807) is 0 Å². The highest BCUT2D eigenvalue weighted by Gasteiger charge is 2.30. The molecule has 0 saturated carbocycles. The van der Waals surface area contributed by atoms with E-state index in [4.69, 9.17) is 19.6 Å². The largest absolute Gasteiger partial charge is 0.481 e. The van der Waals surface area contributed by atoms with Crippen LogP contribution in [0.25, 0.3) is 0 Å². The van der Waals surface area contributed by atoms with Crippen LogP contribution in [0.2, 0.25) is 0 Å². The van der Waals surface area contributed by atoms with Crippen LogP contribution in [0.5, 0.6) is 11.5 Å². The molecule has 4 heteroatoms. The summed E-state index contributed by atoms with van der Waals surface area (Å²) in [6.07, 6.45) is 5.00. The molecule has 1 atom stereocenters. The molecule has 0 aromatic heterocycles. The van der Waals surface area contributed by atoms with E-state index in [0.717, 1.165) is 35.5 Å². The molecule has 1 aliphatic carbocycles. The van der Waals surface area contributed by atoms with Crippen LogP contribution in [0.1, 0.15) is 30.4 Å². The number of rotatable bonds is 2. The lowest BCUT2D eigenvalue weighted by atomic mass is 9.82. The number of fused-ring (bicyclic) bond motifs is 3. The highest BCUT2D eigenvalue weighted by molar-refractivity contribution is 5.84. The second kappa shape index (κ2) is 4.52. The van der Waals surface area contributed by atoms with Gasteiger partial charge in [0.2, 0.25) is 6.79 Å². The van der Waals surface area contributed by atoms with Gasteiger partial charge in [-0.25, -0.2) is 0 Å². The van der Waals surface area contributed by atoms with E-state index in [9.17, 15) is 0 Å². The summed E-state index contributed by atoms with van der Waals surface area (Å²) >= 11 is 0. The van der Waals surface area contributed by atoms with Crippen LogP contribution in [0.3, 0.4) is 0 Å². The molecule has 1 N–H and O–H groups in total. The van der Waals surface area contributed by atoms with Crippen molar-refractivity contribution in [1.82, 2.24) is 0 Å². The zero-order chi connectivity index (χ0) is 12.5. The van der Waals surface area contributed by atoms with Crippen LogP contribution in [-0.2, 0) is 11.2 Å². The standard InChI is InChI=1S/C14H15NO3/c1-2-16-14(15)11-5-3-4-10-9(11)6-7-12-13(10)18-8-17-12/h6-7,11,15H,2-4,8H2,1H3. The summed E-state index contributed by atoms with van der Waals surface area (Å²) < 4.78 is 16.2. The summed E-state index contributed by atoms with van der Waals surface area (Å²) in [5.41, 5.74) is 2.20. The predicted molar refractivity (Wildman–Crippen MR) is 66.2 cm³/mol. The zero-order valence-electron chi connectivity index (χ0n) is 10.3. The van der Waals surface area contributed by atoms with Crippen molar-refractivity contribution in [2.24, 2.45) is 0 Å². The van der Waals surface area contributed by atoms with Crippen molar-refractivity contribution in [3.05, 3.63) is 29.7 Å². The first kappa shape index (κ1) is 11.4. The average Bonchev–Trinajstić information content (AvgIpc) is 2.86. The molecule has 1 aromatic carbocycles. The molecule has 94 valence electrons. The Kier molecular flexibility index (Phi) is 2.86. The lowest BCUT2D eigenvalue weighted by Crippen LogP contribution is -2.21. The highest BCUT2D eigenvalue weighted by atomic mass is 16.7. The van der Waals surface area contributed by atoms with Gasteiger partial charge in [-0.1, -0.05) is 6.07 Å². The average molecular weight is 245 g/mol. The smallest absolute Gasteiger partial charge is 0.231 e. The van der Waals surface area contributed by atoms with Gasteiger partial charge in [-0.3, -0.25) is 5.41 Å². The van der Waals surface area contributed by atoms with Gasteiger partial charge in [0.15, 0.2) is 17.4 Å². The molecule has 2 aliphatic rings. The van der Waals surface area contributed by atoms with Crippen LogP contribution < -0.4 is 9.47 Å². The van der Waals surface area contributed by atoms with Gasteiger partial charge >= 0.3 is 0 Å². The summed E-state index contributed by atoms with van der Waals surface area (Å²) in [7, 11) is 0. The SMILES string of the molecule is CCOC(=N)C1[C]CCc2c1ccc1c2OCO1. The molecule has 3 rings (SSSR count). The van der Waals surface area contributed by atoms with Gasteiger partial charge in [0.1, 0.15) is 0 Å². The molecular formula is C14H15NO3. The lowest BCUT2D eigenvalue weighted by molar-refractivity contribution is 0.173. The number of hydrogen-bond acceptors (Lipinski definition) is 4. The Morgan fingerprint density at radius 3 is 3.22 bits per heavy atom. The molecule has 2 radical (unpaired) electrons. The Morgan fingerprint density at radius 2 is 2.39 bits per heavy atom. The fraction of sp³-hybridized carbons (Fsp3) is 0.429. The third-order valence-corrected chi connectivity index (χ3v) is 3.27. The van der Waals surface area contributed by atoms with Crippen molar-refractivity contribution in [3.63, 3.8) is 0 Å². The maximum atomic E-state index is 7.95. The molecule has 0 saturated heterocycles. The van der Waals surface area contributed by atoms with E-state index in [1.807, 2.05) is 19.1 Å². The number of hydrogen-bond donors (Lipinski definition) is 1. The first-order chi connectivity index (χ1) is 8.81. The monoisotopic (exact) mass is 245 g/mol. The van der Waals surface area contributed by atoms with E-state index in [1.165, 1.54) is 0 Å². The van der Waals surface area contributed by atoms with Crippen molar-refractivity contribution in [3.8, 4) is 11.5 Å². The van der Waals surface area contributed by atoms with Crippen molar-refractivity contribution in [2.75, 3.05) is 13.4 Å². The minimum absolute atomic E-state index is 0.178. The van der Waals surface area contributed by atoms with Crippen molar-refractivity contribution in [1.29, 1.82) is 5.41 Å². The van der Waals surface area contributed by atoms with Gasteiger partial charge in [0, 0.05) is 12.0 Å². The summed E-state index contributed by atoms with van der Waals surface area (Å²) in [6.45, 7) is 2.68. The summed E-state index contributed by atoms with van der Waals surface area (Å²) in [4.78, 5) is 0. The van der Waals surface area contributed by atoms with Gasteiger partial charge in [-0.15, -0.1) is 0 Å². The number of benzene rings is 1. The molecule has 4 nitrogen and oxygen atoms in total. The molecule has 0 fully saturated rings. The van der Waals surface area contributed by atoms with E-state index in [0.29, 0.717) is 6.61 Å². The van der Waals surface area contributed by atoms with Gasteiger partial charge in [-0.2, -0.15) is 0 Å². The first-order valence-corrected chi connectivity index (χ1v) is 6.17.